The molecule has 1 atom stereocenters. The average Bonchev–Trinajstić information content (AvgIpc) is 3.19. The number of aromatic nitrogens is 1. The zero-order valence-electron chi connectivity index (χ0n) is 17.8. The number of amides is 4. The molecule has 0 aromatic carbocycles. The Kier molecular flexibility index (Phi) is 6.03. The van der Waals surface area contributed by atoms with Crippen LogP contribution in [0.1, 0.15) is 37.9 Å². The van der Waals surface area contributed by atoms with E-state index in [9.17, 15) is 14.4 Å². The van der Waals surface area contributed by atoms with Gasteiger partial charge in [-0.15, -0.1) is 0 Å². The summed E-state index contributed by atoms with van der Waals surface area (Å²) in [6, 6.07) is 1.20. The highest BCUT2D eigenvalue weighted by atomic mass is 32.2. The predicted octanol–water partition coefficient (Wildman–Crippen LogP) is 2.29. The van der Waals surface area contributed by atoms with Gasteiger partial charge in [0.2, 0.25) is 11.7 Å². The zero-order chi connectivity index (χ0) is 22.1. The lowest BCUT2D eigenvalue weighted by Crippen LogP contribution is -2.55. The number of hydrogen-bond donors (Lipinski definition) is 1. The highest BCUT2D eigenvalue weighted by molar-refractivity contribution is 8.14. The molecule has 0 bridgehead atoms. The number of nitrogens with zero attached hydrogens (tertiary/aromatic N) is 5. The lowest BCUT2D eigenvalue weighted by atomic mass is 9.88. The largest absolute Gasteiger partial charge is 0.445 e. The van der Waals surface area contributed by atoms with Crippen molar-refractivity contribution in [3.8, 4) is 0 Å². The molecule has 3 heterocycles. The summed E-state index contributed by atoms with van der Waals surface area (Å²) in [5.41, 5.74) is 0. The maximum Gasteiger partial charge on any atom is 0.445 e. The molecular weight excluding hydrogens is 420 g/mol. The maximum absolute atomic E-state index is 12.9. The van der Waals surface area contributed by atoms with Gasteiger partial charge < -0.3 is 9.84 Å². The highest BCUT2D eigenvalue weighted by Gasteiger charge is 2.49. The number of thioether (sulfide) groups is 1. The van der Waals surface area contributed by atoms with E-state index in [1.165, 1.54) is 29.8 Å². The quantitative estimate of drug-likeness (QED) is 0.710. The second-order valence-electron chi connectivity index (χ2n) is 7.94. The summed E-state index contributed by atoms with van der Waals surface area (Å²) < 4.78 is 6.36. The van der Waals surface area contributed by atoms with Gasteiger partial charge in [0, 0.05) is 12.0 Å². The number of imide groups is 1. The Hall–Kier alpha value is -2.82. The minimum Gasteiger partial charge on any atom is -0.360 e. The number of nitrogens with one attached hydrogen (secondary N) is 1. The minimum atomic E-state index is -0.785. The molecule has 0 radical (unpaired) electrons. The van der Waals surface area contributed by atoms with E-state index in [0.29, 0.717) is 28.3 Å². The van der Waals surface area contributed by atoms with E-state index >= 15 is 0 Å². The third kappa shape index (κ3) is 4.32. The van der Waals surface area contributed by atoms with Gasteiger partial charge in [0.1, 0.15) is 10.8 Å². The van der Waals surface area contributed by atoms with E-state index in [0.717, 1.165) is 30.6 Å². The number of hydrogen-bond acceptors (Lipinski definition) is 8. The van der Waals surface area contributed by atoms with Crippen LogP contribution in [-0.4, -0.2) is 69.0 Å². The van der Waals surface area contributed by atoms with Crippen molar-refractivity contribution in [2.45, 2.75) is 39.0 Å². The van der Waals surface area contributed by atoms with Gasteiger partial charge in [0.15, 0.2) is 11.7 Å². The molecule has 3 aliphatic rings. The SMILES string of the molecule is Cc1cc(NC(=O)CSC2=NC(C3CCCCC3)=NC3=[N+](C)C(=O)N(C)C(=O)C23)no1. The smallest absolute Gasteiger partial charge is 0.360 e. The molecule has 1 unspecified atom stereocenters. The summed E-state index contributed by atoms with van der Waals surface area (Å²) in [7, 11) is 3.06. The van der Waals surface area contributed by atoms with Crippen LogP contribution in [0.2, 0.25) is 0 Å². The topological polar surface area (TPSA) is 120 Å². The molecule has 1 aromatic heterocycles. The van der Waals surface area contributed by atoms with Crippen LogP contribution < -0.4 is 5.32 Å². The fourth-order valence-electron chi connectivity index (χ4n) is 3.99. The van der Waals surface area contributed by atoms with E-state index < -0.39 is 11.9 Å². The molecule has 1 N–H and O–H groups in total. The number of aliphatic imine (C=N–C) groups is 2. The summed E-state index contributed by atoms with van der Waals surface area (Å²) in [6.07, 6.45) is 5.37. The van der Waals surface area contributed by atoms with Crippen molar-refractivity contribution in [2.75, 3.05) is 25.2 Å². The lowest BCUT2D eigenvalue weighted by molar-refractivity contribution is -0.407. The van der Waals surface area contributed by atoms with Crippen LogP contribution in [0.4, 0.5) is 10.6 Å². The van der Waals surface area contributed by atoms with Gasteiger partial charge >= 0.3 is 11.9 Å². The second-order valence-corrected chi connectivity index (χ2v) is 8.94. The second kappa shape index (κ2) is 8.74. The Morgan fingerprint density at radius 2 is 2.03 bits per heavy atom. The Bertz CT molecular complexity index is 1020. The monoisotopic (exact) mass is 445 g/mol. The summed E-state index contributed by atoms with van der Waals surface area (Å²) >= 11 is 1.19. The van der Waals surface area contributed by atoms with E-state index in [4.69, 9.17) is 9.52 Å². The third-order valence-corrected chi connectivity index (χ3v) is 6.70. The first kappa shape index (κ1) is 21.4. The minimum absolute atomic E-state index is 0.0428. The number of rotatable bonds is 4. The van der Waals surface area contributed by atoms with Gasteiger partial charge in [0.05, 0.1) is 19.8 Å². The van der Waals surface area contributed by atoms with Crippen molar-refractivity contribution in [1.29, 1.82) is 0 Å². The van der Waals surface area contributed by atoms with Gasteiger partial charge in [-0.25, -0.2) is 9.79 Å². The molecule has 1 saturated carbocycles. The van der Waals surface area contributed by atoms with Crippen LogP contribution in [0.25, 0.3) is 0 Å². The van der Waals surface area contributed by atoms with E-state index in [1.807, 2.05) is 0 Å². The first-order valence-electron chi connectivity index (χ1n) is 10.3. The summed E-state index contributed by atoms with van der Waals surface area (Å²) in [4.78, 5) is 48.2. The standard InChI is InChI=1S/C20H24N6O4S/c1-11-9-13(24-30-11)21-14(27)10-31-18-15-17(25(2)20(29)26(3)19(15)28)22-16(23-18)12-7-5-4-6-8-12/h9,12,15H,4-8,10H2,1-3H3/p+1. The molecule has 4 rings (SSSR count). The molecule has 2 aliphatic heterocycles. The van der Waals surface area contributed by atoms with Crippen LogP contribution in [0.15, 0.2) is 20.6 Å². The lowest BCUT2D eigenvalue weighted by Gasteiger charge is -2.28. The number of aryl methyl sites for hydroxylation is 1. The van der Waals surface area contributed by atoms with Crippen LogP contribution in [0, 0.1) is 18.8 Å². The Morgan fingerprint density at radius 1 is 1.29 bits per heavy atom. The molecule has 1 aliphatic carbocycles. The normalized spacial score (nSPS) is 22.3. The van der Waals surface area contributed by atoms with Gasteiger partial charge in [-0.3, -0.25) is 9.59 Å². The number of amidine groups is 2. The van der Waals surface area contributed by atoms with Gasteiger partial charge in [-0.05, 0) is 19.8 Å². The number of anilines is 1. The third-order valence-electron chi connectivity index (χ3n) is 5.67. The number of fused-ring (bicyclic) bond motifs is 1. The zero-order valence-corrected chi connectivity index (χ0v) is 18.6. The van der Waals surface area contributed by atoms with Crippen molar-refractivity contribution in [1.82, 2.24) is 10.1 Å². The summed E-state index contributed by atoms with van der Waals surface area (Å²) in [6.45, 7) is 1.74. The summed E-state index contributed by atoms with van der Waals surface area (Å²) in [5.74, 6) is 0.751. The molecule has 4 amide bonds. The number of carbonyl (C=O) groups is 3. The molecule has 164 valence electrons. The van der Waals surface area contributed by atoms with E-state index in [1.54, 1.807) is 20.0 Å². The van der Waals surface area contributed by atoms with Gasteiger partial charge in [-0.1, -0.05) is 41.2 Å². The van der Waals surface area contributed by atoms with Crippen molar-refractivity contribution >= 4 is 52.1 Å². The van der Waals surface area contributed by atoms with Crippen LogP contribution in [0.3, 0.4) is 0 Å². The van der Waals surface area contributed by atoms with Crippen molar-refractivity contribution in [3.63, 3.8) is 0 Å². The fourth-order valence-corrected chi connectivity index (χ4v) is 4.88. The molecule has 10 nitrogen and oxygen atoms in total. The highest BCUT2D eigenvalue weighted by Crippen LogP contribution is 2.31. The Morgan fingerprint density at radius 3 is 2.71 bits per heavy atom. The van der Waals surface area contributed by atoms with Crippen molar-refractivity contribution < 1.29 is 23.5 Å². The van der Waals surface area contributed by atoms with E-state index in [2.05, 4.69) is 15.5 Å². The fraction of sp³-hybridized carbons (Fsp3) is 0.550. The molecular formula is C20H25N6O4S+. The number of urea groups is 1. The van der Waals surface area contributed by atoms with Crippen molar-refractivity contribution in [3.05, 3.63) is 11.8 Å². The van der Waals surface area contributed by atoms with Crippen LogP contribution in [-0.2, 0) is 9.59 Å². The summed E-state index contributed by atoms with van der Waals surface area (Å²) in [5, 5.41) is 6.92. The van der Waals surface area contributed by atoms with Gasteiger partial charge in [-0.2, -0.15) is 9.48 Å². The van der Waals surface area contributed by atoms with Gasteiger partial charge in [0.25, 0.3) is 5.84 Å². The molecule has 11 heteroatoms. The van der Waals surface area contributed by atoms with Crippen LogP contribution in [0.5, 0.6) is 0 Å². The molecule has 31 heavy (non-hydrogen) atoms. The van der Waals surface area contributed by atoms with Crippen LogP contribution >= 0.6 is 11.8 Å². The Balaban J connectivity index is 1.59. The first-order valence-corrected chi connectivity index (χ1v) is 11.3. The molecule has 1 fully saturated rings. The molecule has 0 spiro atoms. The first-order chi connectivity index (χ1) is 14.8. The van der Waals surface area contributed by atoms with Crippen molar-refractivity contribution in [2.24, 2.45) is 21.8 Å². The average molecular weight is 446 g/mol. The Labute approximate surface area is 183 Å². The molecule has 0 saturated heterocycles. The predicted molar refractivity (Wildman–Crippen MR) is 117 cm³/mol. The molecule has 1 aromatic rings. The maximum atomic E-state index is 12.9. The van der Waals surface area contributed by atoms with E-state index in [-0.39, 0.29) is 23.5 Å². The number of carbonyl (C=O) groups excluding carboxylic acids is 3.